The maximum Gasteiger partial charge on any atom is 0.297 e. The van der Waals surface area contributed by atoms with Gasteiger partial charge in [0.1, 0.15) is 11.3 Å². The van der Waals surface area contributed by atoms with Gasteiger partial charge in [-0.3, -0.25) is 19.3 Å². The molecule has 2 amide bonds. The van der Waals surface area contributed by atoms with Crippen molar-refractivity contribution in [3.63, 3.8) is 0 Å². The standard InChI is InChI=1S/C35H24ClN3O5S/c1-3-43-22-13-14-25-28(17-22)45-34(37-25)39-32(41)31-29(30(40)23-16-21(36)12-15-27(23)44-31)35(39)24-6-4-5-7-26(24)38(33(35)42)18-20-10-8-19(2)9-11-20/h4-17H,3,18H2,1-2H3. The number of aryl methyl sites for hydroxylation is 1. The first-order valence-corrected chi connectivity index (χ1v) is 15.6. The normalized spacial score (nSPS) is 17.1. The van der Waals surface area contributed by atoms with E-state index in [0.717, 1.165) is 15.8 Å². The number of fused-ring (bicyclic) bond motifs is 6. The van der Waals surface area contributed by atoms with E-state index < -0.39 is 22.8 Å². The summed E-state index contributed by atoms with van der Waals surface area (Å²) in [5.74, 6) is -0.593. The molecule has 2 aliphatic rings. The zero-order chi connectivity index (χ0) is 31.0. The number of nitrogens with zero attached hydrogens (tertiary/aromatic N) is 3. The summed E-state index contributed by atoms with van der Waals surface area (Å²) in [7, 11) is 0. The minimum atomic E-state index is -1.86. The molecule has 222 valence electrons. The van der Waals surface area contributed by atoms with Crippen LogP contribution in [0.4, 0.5) is 10.8 Å². The van der Waals surface area contributed by atoms with E-state index in [-0.39, 0.29) is 34.0 Å². The molecule has 1 unspecified atom stereocenters. The smallest absolute Gasteiger partial charge is 0.297 e. The number of anilines is 2. The number of carbonyl (C=O) groups is 2. The minimum Gasteiger partial charge on any atom is -0.494 e. The van der Waals surface area contributed by atoms with E-state index >= 15 is 4.79 Å². The molecule has 0 bridgehead atoms. The average Bonchev–Trinajstić information content (AvgIpc) is 3.64. The highest BCUT2D eigenvalue weighted by Gasteiger charge is 2.66. The van der Waals surface area contributed by atoms with Gasteiger partial charge in [-0.2, -0.15) is 0 Å². The van der Waals surface area contributed by atoms with Crippen LogP contribution in [0.25, 0.3) is 21.2 Å². The topological polar surface area (TPSA) is 93.0 Å². The van der Waals surface area contributed by atoms with Gasteiger partial charge in [0, 0.05) is 10.6 Å². The molecule has 0 radical (unpaired) electrons. The first-order valence-electron chi connectivity index (χ1n) is 14.4. The number of aromatic nitrogens is 1. The maximum absolute atomic E-state index is 15.1. The average molecular weight is 634 g/mol. The largest absolute Gasteiger partial charge is 0.494 e. The third-order valence-electron chi connectivity index (χ3n) is 8.40. The van der Waals surface area contributed by atoms with Crippen molar-refractivity contribution < 1.29 is 18.7 Å². The molecule has 0 fully saturated rings. The lowest BCUT2D eigenvalue weighted by Crippen LogP contribution is -2.53. The van der Waals surface area contributed by atoms with Crippen LogP contribution in [0, 0.1) is 6.92 Å². The zero-order valence-electron chi connectivity index (χ0n) is 24.2. The van der Waals surface area contributed by atoms with Gasteiger partial charge >= 0.3 is 0 Å². The molecule has 0 N–H and O–H groups in total. The number of benzene rings is 4. The van der Waals surface area contributed by atoms with Gasteiger partial charge in [-0.1, -0.05) is 71.0 Å². The van der Waals surface area contributed by atoms with Crippen molar-refractivity contribution in [3.8, 4) is 5.75 Å². The van der Waals surface area contributed by atoms with E-state index in [4.69, 9.17) is 25.7 Å². The Morgan fingerprint density at radius 2 is 1.78 bits per heavy atom. The molecule has 45 heavy (non-hydrogen) atoms. The monoisotopic (exact) mass is 633 g/mol. The second-order valence-electron chi connectivity index (χ2n) is 11.1. The van der Waals surface area contributed by atoms with Crippen molar-refractivity contribution in [2.45, 2.75) is 25.9 Å². The van der Waals surface area contributed by atoms with E-state index in [1.807, 2.05) is 68.4 Å². The van der Waals surface area contributed by atoms with Crippen LogP contribution in [0.15, 0.2) is 94.1 Å². The fourth-order valence-electron chi connectivity index (χ4n) is 6.41. The molecule has 0 aliphatic carbocycles. The third-order valence-corrected chi connectivity index (χ3v) is 9.64. The maximum atomic E-state index is 15.1. The molecule has 1 atom stereocenters. The zero-order valence-corrected chi connectivity index (χ0v) is 25.7. The molecule has 0 saturated carbocycles. The van der Waals surface area contributed by atoms with Gasteiger partial charge < -0.3 is 14.1 Å². The van der Waals surface area contributed by atoms with Crippen LogP contribution < -0.4 is 20.0 Å². The fraction of sp³-hybridized carbons (Fsp3) is 0.143. The molecule has 4 aromatic carbocycles. The molecule has 2 aliphatic heterocycles. The van der Waals surface area contributed by atoms with Crippen LogP contribution in [0.1, 0.15) is 39.7 Å². The Hall–Kier alpha value is -4.99. The number of para-hydroxylation sites is 1. The van der Waals surface area contributed by atoms with Crippen LogP contribution in [0.2, 0.25) is 5.02 Å². The van der Waals surface area contributed by atoms with Crippen LogP contribution >= 0.6 is 22.9 Å². The Morgan fingerprint density at radius 3 is 2.58 bits per heavy atom. The lowest BCUT2D eigenvalue weighted by Gasteiger charge is -2.32. The number of thiazole rings is 1. The van der Waals surface area contributed by atoms with Gasteiger partial charge in [0.25, 0.3) is 11.8 Å². The van der Waals surface area contributed by atoms with Crippen LogP contribution in [-0.2, 0) is 16.9 Å². The van der Waals surface area contributed by atoms with Crippen molar-refractivity contribution in [1.82, 2.24) is 4.98 Å². The Balaban J connectivity index is 1.42. The summed E-state index contributed by atoms with van der Waals surface area (Å²) in [5.41, 5.74) is 1.52. The predicted molar refractivity (Wildman–Crippen MR) is 175 cm³/mol. The van der Waals surface area contributed by atoms with Crippen LogP contribution in [0.5, 0.6) is 5.75 Å². The van der Waals surface area contributed by atoms with Gasteiger partial charge in [-0.05, 0) is 61.9 Å². The minimum absolute atomic E-state index is 0.0413. The molecule has 8 rings (SSSR count). The van der Waals surface area contributed by atoms with E-state index in [9.17, 15) is 9.59 Å². The molecule has 10 heteroatoms. The van der Waals surface area contributed by atoms with Crippen molar-refractivity contribution in [2.24, 2.45) is 0 Å². The number of ether oxygens (including phenoxy) is 1. The number of carbonyl (C=O) groups excluding carboxylic acids is 2. The van der Waals surface area contributed by atoms with Gasteiger partial charge in [0.05, 0.1) is 40.0 Å². The van der Waals surface area contributed by atoms with Crippen molar-refractivity contribution in [3.05, 3.63) is 128 Å². The number of rotatable bonds is 5. The SMILES string of the molecule is CCOc1ccc2nc(N3C(=O)c4oc5ccc(Cl)cc5c(=O)c4C34C(=O)N(Cc3ccc(C)cc3)c3ccccc34)sc2c1. The van der Waals surface area contributed by atoms with Crippen molar-refractivity contribution in [1.29, 1.82) is 0 Å². The lowest BCUT2D eigenvalue weighted by molar-refractivity contribution is -0.121. The third kappa shape index (κ3) is 3.90. The molecule has 2 aromatic heterocycles. The molecular weight excluding hydrogens is 610 g/mol. The van der Waals surface area contributed by atoms with Crippen molar-refractivity contribution >= 4 is 66.8 Å². The summed E-state index contributed by atoms with van der Waals surface area (Å²) in [6, 6.07) is 25.3. The highest BCUT2D eigenvalue weighted by Crippen LogP contribution is 2.55. The molecular formula is C35H24ClN3O5S. The summed E-state index contributed by atoms with van der Waals surface area (Å²) in [5, 5.41) is 0.778. The Kier molecular flexibility index (Phi) is 6.13. The number of amides is 2. The summed E-state index contributed by atoms with van der Waals surface area (Å²) in [6.07, 6.45) is 0. The summed E-state index contributed by atoms with van der Waals surface area (Å²) in [6.45, 7) is 4.63. The van der Waals surface area contributed by atoms with Crippen LogP contribution in [-0.4, -0.2) is 23.4 Å². The molecule has 8 nitrogen and oxygen atoms in total. The highest BCUT2D eigenvalue weighted by molar-refractivity contribution is 7.22. The van der Waals surface area contributed by atoms with E-state index in [0.29, 0.717) is 34.1 Å². The van der Waals surface area contributed by atoms with Gasteiger partial charge in [0.2, 0.25) is 5.76 Å². The van der Waals surface area contributed by atoms with E-state index in [1.54, 1.807) is 29.2 Å². The van der Waals surface area contributed by atoms with Crippen LogP contribution in [0.3, 0.4) is 0 Å². The predicted octanol–water partition coefficient (Wildman–Crippen LogP) is 7.21. The summed E-state index contributed by atoms with van der Waals surface area (Å²) < 4.78 is 12.6. The van der Waals surface area contributed by atoms with Crippen molar-refractivity contribution in [2.75, 3.05) is 16.4 Å². The number of hydrogen-bond acceptors (Lipinski definition) is 7. The quantitative estimate of drug-likeness (QED) is 0.199. The van der Waals surface area contributed by atoms with E-state index in [2.05, 4.69) is 0 Å². The second-order valence-corrected chi connectivity index (χ2v) is 12.5. The Bertz CT molecular complexity index is 2280. The highest BCUT2D eigenvalue weighted by atomic mass is 35.5. The number of halogens is 1. The lowest BCUT2D eigenvalue weighted by atomic mass is 9.84. The molecule has 0 saturated heterocycles. The summed E-state index contributed by atoms with van der Waals surface area (Å²) in [4.78, 5) is 52.0. The van der Waals surface area contributed by atoms with E-state index in [1.165, 1.54) is 22.3 Å². The molecule has 1 spiro atoms. The summed E-state index contributed by atoms with van der Waals surface area (Å²) >= 11 is 7.55. The first kappa shape index (κ1) is 27.6. The Morgan fingerprint density at radius 1 is 0.978 bits per heavy atom. The number of hydrogen-bond donors (Lipinski definition) is 0. The molecule has 4 heterocycles. The fourth-order valence-corrected chi connectivity index (χ4v) is 7.63. The molecule has 6 aromatic rings. The second kappa shape index (κ2) is 10.0. The Labute approximate surface area is 266 Å². The van der Waals surface area contributed by atoms with Gasteiger partial charge in [-0.25, -0.2) is 4.98 Å². The first-order chi connectivity index (χ1) is 21.8. The van der Waals surface area contributed by atoms with Gasteiger partial charge in [0.15, 0.2) is 16.1 Å². The van der Waals surface area contributed by atoms with Gasteiger partial charge in [-0.15, -0.1) is 0 Å².